The highest BCUT2D eigenvalue weighted by Crippen LogP contribution is 2.40. The number of rotatable bonds is 3. The number of nitrogens with one attached hydrogen (secondary N) is 3. The molecule has 28 heavy (non-hydrogen) atoms. The zero-order chi connectivity index (χ0) is 18.5. The summed E-state index contributed by atoms with van der Waals surface area (Å²) in [5.41, 5.74) is 3.55. The average molecular weight is 379 g/mol. The molecule has 3 nitrogen and oxygen atoms in total. The molecule has 0 unspecified atom stereocenters. The first-order chi connectivity index (χ1) is 13.9. The lowest BCUT2D eigenvalue weighted by Gasteiger charge is -2.17. The lowest BCUT2D eigenvalue weighted by Crippen LogP contribution is -2.19. The molecule has 4 heteroatoms. The highest BCUT2D eigenvalue weighted by atomic mass is 31.1. The van der Waals surface area contributed by atoms with Gasteiger partial charge < -0.3 is 15.0 Å². The van der Waals surface area contributed by atoms with Crippen molar-refractivity contribution in [2.75, 3.05) is 0 Å². The van der Waals surface area contributed by atoms with Gasteiger partial charge in [-0.3, -0.25) is 0 Å². The van der Waals surface area contributed by atoms with Crippen LogP contribution in [0.2, 0.25) is 0 Å². The third-order valence-corrected chi connectivity index (χ3v) is 7.98. The Morgan fingerprint density at radius 2 is 0.750 bits per heavy atom. The van der Waals surface area contributed by atoms with Crippen LogP contribution in [0.25, 0.3) is 32.7 Å². The lowest BCUT2D eigenvalue weighted by molar-refractivity contribution is 1.48. The first kappa shape index (κ1) is 15.7. The van der Waals surface area contributed by atoms with Crippen molar-refractivity contribution in [1.29, 1.82) is 0 Å². The topological polar surface area (TPSA) is 47.4 Å². The molecule has 3 N–H and O–H groups in total. The SMILES string of the molecule is c1ccc2c(P(c3c[nH]c4ccccc34)c3c[nH]c4ccccc34)c[nH]c2c1. The molecule has 0 amide bonds. The predicted molar refractivity (Wildman–Crippen MR) is 121 cm³/mol. The molecule has 0 spiro atoms. The third kappa shape index (κ3) is 2.27. The van der Waals surface area contributed by atoms with Crippen molar-refractivity contribution < 1.29 is 0 Å². The van der Waals surface area contributed by atoms with Crippen molar-refractivity contribution in [2.45, 2.75) is 0 Å². The predicted octanol–water partition coefficient (Wildman–Crippen LogP) is 4.89. The van der Waals surface area contributed by atoms with Gasteiger partial charge in [0, 0.05) is 67.2 Å². The molecule has 0 saturated heterocycles. The Morgan fingerprint density at radius 3 is 1.11 bits per heavy atom. The first-order valence-electron chi connectivity index (χ1n) is 9.38. The van der Waals surface area contributed by atoms with Crippen molar-refractivity contribution in [3.63, 3.8) is 0 Å². The Labute approximate surface area is 163 Å². The molecule has 3 aromatic carbocycles. The van der Waals surface area contributed by atoms with Crippen LogP contribution in [0.5, 0.6) is 0 Å². The Morgan fingerprint density at radius 1 is 0.429 bits per heavy atom. The molecule has 0 aliphatic rings. The number of para-hydroxylation sites is 3. The molecule has 0 aliphatic heterocycles. The van der Waals surface area contributed by atoms with Crippen LogP contribution >= 0.6 is 7.92 Å². The Kier molecular flexibility index (Phi) is 3.44. The maximum Gasteiger partial charge on any atom is 0.0460 e. The minimum absolute atomic E-state index is 0.728. The fourth-order valence-corrected chi connectivity index (χ4v) is 6.78. The van der Waals surface area contributed by atoms with E-state index >= 15 is 0 Å². The van der Waals surface area contributed by atoms with Gasteiger partial charge in [0.05, 0.1) is 0 Å². The first-order valence-corrected chi connectivity index (χ1v) is 10.7. The second-order valence-electron chi connectivity index (χ2n) is 6.99. The summed E-state index contributed by atoms with van der Waals surface area (Å²) in [6.45, 7) is 0. The number of benzene rings is 3. The maximum absolute atomic E-state index is 3.48. The van der Waals surface area contributed by atoms with E-state index in [0.717, 1.165) is 0 Å². The van der Waals surface area contributed by atoms with E-state index < -0.39 is 7.92 Å². The van der Waals surface area contributed by atoms with Crippen LogP contribution < -0.4 is 15.9 Å². The normalized spacial score (nSPS) is 11.9. The number of fused-ring (bicyclic) bond motifs is 3. The quantitative estimate of drug-likeness (QED) is 0.367. The van der Waals surface area contributed by atoms with Gasteiger partial charge in [0.15, 0.2) is 0 Å². The molecular formula is C24H18N3P. The van der Waals surface area contributed by atoms with Gasteiger partial charge in [0.2, 0.25) is 0 Å². The molecule has 6 aromatic rings. The fraction of sp³-hybridized carbons (Fsp3) is 0. The number of hydrogen-bond acceptors (Lipinski definition) is 0. The van der Waals surface area contributed by atoms with E-state index in [-0.39, 0.29) is 0 Å². The van der Waals surface area contributed by atoms with E-state index in [1.54, 1.807) is 0 Å². The van der Waals surface area contributed by atoms with E-state index in [2.05, 4.69) is 106 Å². The zero-order valence-corrected chi connectivity index (χ0v) is 16.0. The van der Waals surface area contributed by atoms with Gasteiger partial charge in [-0.1, -0.05) is 54.6 Å². The molecule has 3 heterocycles. The number of aromatic amines is 3. The van der Waals surface area contributed by atoms with Crippen LogP contribution in [-0.4, -0.2) is 15.0 Å². The summed E-state index contributed by atoms with van der Waals surface area (Å²) in [5.74, 6) is 0. The Balaban J connectivity index is 1.69. The summed E-state index contributed by atoms with van der Waals surface area (Å²) in [5, 5.41) is 7.97. The van der Waals surface area contributed by atoms with E-state index in [0.29, 0.717) is 0 Å². The molecule has 0 atom stereocenters. The highest BCUT2D eigenvalue weighted by Gasteiger charge is 2.25. The van der Waals surface area contributed by atoms with Crippen LogP contribution in [-0.2, 0) is 0 Å². The second kappa shape index (κ2) is 6.12. The molecule has 134 valence electrons. The van der Waals surface area contributed by atoms with Gasteiger partial charge in [-0.05, 0) is 26.1 Å². The highest BCUT2D eigenvalue weighted by molar-refractivity contribution is 7.81. The van der Waals surface area contributed by atoms with Crippen LogP contribution in [0.3, 0.4) is 0 Å². The lowest BCUT2D eigenvalue weighted by atomic mass is 10.2. The largest absolute Gasteiger partial charge is 0.361 e. The van der Waals surface area contributed by atoms with Crippen molar-refractivity contribution in [3.8, 4) is 0 Å². The van der Waals surface area contributed by atoms with Crippen molar-refractivity contribution in [1.82, 2.24) is 15.0 Å². The monoisotopic (exact) mass is 379 g/mol. The summed E-state index contributed by atoms with van der Waals surface area (Å²) < 4.78 is 0. The van der Waals surface area contributed by atoms with Gasteiger partial charge in [-0.15, -0.1) is 0 Å². The van der Waals surface area contributed by atoms with Crippen molar-refractivity contribution in [2.24, 2.45) is 0 Å². The van der Waals surface area contributed by atoms with E-state index in [1.165, 1.54) is 48.6 Å². The summed E-state index contributed by atoms with van der Waals surface area (Å²) in [7, 11) is -0.728. The summed E-state index contributed by atoms with van der Waals surface area (Å²) in [6, 6.07) is 25.7. The van der Waals surface area contributed by atoms with Crippen molar-refractivity contribution in [3.05, 3.63) is 91.4 Å². The smallest absolute Gasteiger partial charge is 0.0460 e. The molecule has 0 saturated carbocycles. The molecular weight excluding hydrogens is 361 g/mol. The minimum atomic E-state index is -0.728. The summed E-state index contributed by atoms with van der Waals surface area (Å²) in [6.07, 6.45) is 6.58. The van der Waals surface area contributed by atoms with Crippen LogP contribution in [0.1, 0.15) is 0 Å². The van der Waals surface area contributed by atoms with Gasteiger partial charge in [0.25, 0.3) is 0 Å². The number of hydrogen-bond donors (Lipinski definition) is 3. The molecule has 0 aliphatic carbocycles. The Bertz CT molecular complexity index is 1260. The van der Waals surface area contributed by atoms with Gasteiger partial charge >= 0.3 is 0 Å². The van der Waals surface area contributed by atoms with Gasteiger partial charge in [-0.25, -0.2) is 0 Å². The van der Waals surface area contributed by atoms with Gasteiger partial charge in [0.1, 0.15) is 0 Å². The summed E-state index contributed by atoms with van der Waals surface area (Å²) >= 11 is 0. The number of aromatic nitrogens is 3. The maximum atomic E-state index is 3.48. The zero-order valence-electron chi connectivity index (χ0n) is 15.1. The average Bonchev–Trinajstić information content (AvgIpc) is 3.47. The van der Waals surface area contributed by atoms with Gasteiger partial charge in [-0.2, -0.15) is 0 Å². The third-order valence-electron chi connectivity index (χ3n) is 5.42. The van der Waals surface area contributed by atoms with Crippen LogP contribution in [0.15, 0.2) is 91.4 Å². The second-order valence-corrected chi connectivity index (χ2v) is 9.11. The fourth-order valence-electron chi connectivity index (χ4n) is 4.11. The standard InChI is InChI=1S/C24H18N3P/c1-4-10-19-16(7-1)22(13-25-19)28(23-14-26-20-11-5-2-8-17(20)23)24-15-27-21-12-6-3-9-18(21)24/h1-15,25-27H. The van der Waals surface area contributed by atoms with E-state index in [1.807, 2.05) is 0 Å². The van der Waals surface area contributed by atoms with E-state index in [9.17, 15) is 0 Å². The minimum Gasteiger partial charge on any atom is -0.361 e. The molecule has 6 rings (SSSR count). The molecule has 0 radical (unpaired) electrons. The molecule has 3 aromatic heterocycles. The number of H-pyrrole nitrogens is 3. The van der Waals surface area contributed by atoms with Crippen LogP contribution in [0, 0.1) is 0 Å². The summed E-state index contributed by atoms with van der Waals surface area (Å²) in [4.78, 5) is 10.5. The molecule has 0 bridgehead atoms. The Hall–Kier alpha value is -3.29. The van der Waals surface area contributed by atoms with Crippen LogP contribution in [0.4, 0.5) is 0 Å². The van der Waals surface area contributed by atoms with E-state index in [4.69, 9.17) is 0 Å². The van der Waals surface area contributed by atoms with Crippen molar-refractivity contribution >= 4 is 56.5 Å². The molecule has 0 fully saturated rings.